The highest BCUT2D eigenvalue weighted by molar-refractivity contribution is 7.89. The quantitative estimate of drug-likeness (QED) is 0.880. The first-order chi connectivity index (χ1) is 8.03. The maximum atomic E-state index is 11.9. The molecule has 4 nitrogen and oxygen atoms in total. The van der Waals surface area contributed by atoms with E-state index in [1.807, 2.05) is 12.1 Å². The lowest BCUT2D eigenvalue weighted by atomic mass is 10.1. The summed E-state index contributed by atoms with van der Waals surface area (Å²) < 4.78 is 26.2. The molecule has 17 heavy (non-hydrogen) atoms. The average Bonchev–Trinajstić information content (AvgIpc) is 2.75. The van der Waals surface area contributed by atoms with E-state index in [2.05, 4.69) is 4.72 Å². The minimum Gasteiger partial charge on any atom is -0.207 e. The second-order valence-corrected chi connectivity index (χ2v) is 5.97. The summed E-state index contributed by atoms with van der Waals surface area (Å²) in [4.78, 5) is 0.250. The molecular weight excluding hydrogens is 236 g/mol. The van der Waals surface area contributed by atoms with E-state index in [4.69, 9.17) is 5.26 Å². The van der Waals surface area contributed by atoms with Crippen LogP contribution < -0.4 is 4.72 Å². The summed E-state index contributed by atoms with van der Waals surface area (Å²) in [6.45, 7) is 1.52. The van der Waals surface area contributed by atoms with Crippen molar-refractivity contribution in [2.45, 2.75) is 37.1 Å². The Bertz CT molecular complexity index is 573. The molecule has 1 aromatic rings. The molecule has 0 amide bonds. The molecule has 1 aliphatic carbocycles. The van der Waals surface area contributed by atoms with Crippen LogP contribution in [0.1, 0.15) is 24.5 Å². The lowest BCUT2D eigenvalue weighted by Gasteiger charge is -2.09. The molecule has 0 spiro atoms. The smallest absolute Gasteiger partial charge is 0.207 e. The van der Waals surface area contributed by atoms with Gasteiger partial charge in [-0.3, -0.25) is 0 Å². The minimum absolute atomic E-state index is 0.250. The van der Waals surface area contributed by atoms with Crippen molar-refractivity contribution in [2.75, 3.05) is 0 Å². The lowest BCUT2D eigenvalue weighted by Crippen LogP contribution is -2.31. The van der Waals surface area contributed by atoms with Crippen molar-refractivity contribution in [3.63, 3.8) is 0 Å². The first-order valence-corrected chi connectivity index (χ1v) is 7.05. The van der Waals surface area contributed by atoms with E-state index in [1.54, 1.807) is 12.1 Å². The minimum atomic E-state index is -3.57. The predicted molar refractivity (Wildman–Crippen MR) is 63.9 cm³/mol. The van der Waals surface area contributed by atoms with Crippen molar-refractivity contribution in [1.29, 1.82) is 5.26 Å². The monoisotopic (exact) mass is 250 g/mol. The van der Waals surface area contributed by atoms with E-state index in [0.29, 0.717) is 0 Å². The molecule has 90 valence electrons. The van der Waals surface area contributed by atoms with Gasteiger partial charge in [0, 0.05) is 0 Å². The van der Waals surface area contributed by atoms with E-state index >= 15 is 0 Å². The first kappa shape index (κ1) is 12.1. The van der Waals surface area contributed by atoms with Crippen molar-refractivity contribution in [1.82, 2.24) is 4.72 Å². The van der Waals surface area contributed by atoms with Gasteiger partial charge in [0.25, 0.3) is 0 Å². The van der Waals surface area contributed by atoms with E-state index in [9.17, 15) is 8.42 Å². The number of rotatable bonds is 3. The molecule has 0 saturated carbocycles. The van der Waals surface area contributed by atoms with E-state index in [-0.39, 0.29) is 4.90 Å². The zero-order valence-electron chi connectivity index (χ0n) is 9.60. The number of fused-ring (bicyclic) bond motifs is 1. The Balaban J connectivity index is 2.32. The highest BCUT2D eigenvalue weighted by Gasteiger charge is 2.19. The van der Waals surface area contributed by atoms with Crippen molar-refractivity contribution in [3.05, 3.63) is 29.3 Å². The van der Waals surface area contributed by atoms with Gasteiger partial charge in [0.2, 0.25) is 10.0 Å². The van der Waals surface area contributed by atoms with E-state index in [1.165, 1.54) is 12.5 Å². The standard InChI is InChI=1S/C12H14N2O2S/c1-9(8-13)14-17(15,16)12-6-5-10-3-2-4-11(10)7-12/h5-7,9,14H,2-4H2,1H3. The van der Waals surface area contributed by atoms with Crippen LogP contribution in [0, 0.1) is 11.3 Å². The summed E-state index contributed by atoms with van der Waals surface area (Å²) >= 11 is 0. The van der Waals surface area contributed by atoms with Crippen LogP contribution in [0.15, 0.2) is 23.1 Å². The zero-order valence-corrected chi connectivity index (χ0v) is 10.4. The molecule has 0 radical (unpaired) electrons. The molecule has 0 aliphatic heterocycles. The molecule has 0 bridgehead atoms. The van der Waals surface area contributed by atoms with Crippen LogP contribution >= 0.6 is 0 Å². The van der Waals surface area contributed by atoms with Gasteiger partial charge < -0.3 is 0 Å². The van der Waals surface area contributed by atoms with Crippen LogP contribution in [-0.2, 0) is 22.9 Å². The maximum Gasteiger partial charge on any atom is 0.241 e. The predicted octanol–water partition coefficient (Wildman–Crippen LogP) is 1.37. The molecule has 1 atom stereocenters. The Morgan fingerprint density at radius 1 is 1.35 bits per heavy atom. The molecule has 1 N–H and O–H groups in total. The fraction of sp³-hybridized carbons (Fsp3) is 0.417. The molecule has 0 fully saturated rings. The van der Waals surface area contributed by atoms with Crippen LogP contribution in [0.2, 0.25) is 0 Å². The number of hydrogen-bond acceptors (Lipinski definition) is 3. The van der Waals surface area contributed by atoms with Crippen LogP contribution in [0.3, 0.4) is 0 Å². The molecule has 0 aromatic heterocycles. The number of nitrogens with zero attached hydrogens (tertiary/aromatic N) is 1. The fourth-order valence-corrected chi connectivity index (χ4v) is 3.24. The third-order valence-electron chi connectivity index (χ3n) is 2.91. The number of hydrogen-bond donors (Lipinski definition) is 1. The number of nitrogens with one attached hydrogen (secondary N) is 1. The third kappa shape index (κ3) is 2.48. The highest BCUT2D eigenvalue weighted by Crippen LogP contribution is 2.24. The number of nitriles is 1. The van der Waals surface area contributed by atoms with Crippen LogP contribution in [0.5, 0.6) is 0 Å². The van der Waals surface area contributed by atoms with Crippen molar-refractivity contribution >= 4 is 10.0 Å². The van der Waals surface area contributed by atoms with E-state index < -0.39 is 16.1 Å². The van der Waals surface area contributed by atoms with Gasteiger partial charge in [-0.25, -0.2) is 8.42 Å². The molecule has 1 aromatic carbocycles. The second kappa shape index (κ2) is 4.47. The molecule has 1 unspecified atom stereocenters. The van der Waals surface area contributed by atoms with Crippen molar-refractivity contribution in [3.8, 4) is 6.07 Å². The lowest BCUT2D eigenvalue weighted by molar-refractivity contribution is 0.577. The summed E-state index contributed by atoms with van der Waals surface area (Å²) in [7, 11) is -3.57. The van der Waals surface area contributed by atoms with Crippen molar-refractivity contribution in [2.24, 2.45) is 0 Å². The van der Waals surface area contributed by atoms with Gasteiger partial charge in [0.1, 0.15) is 6.04 Å². The summed E-state index contributed by atoms with van der Waals surface area (Å²) in [5, 5.41) is 8.62. The van der Waals surface area contributed by atoms with Gasteiger partial charge in [-0.2, -0.15) is 9.98 Å². The Hall–Kier alpha value is -1.38. The highest BCUT2D eigenvalue weighted by atomic mass is 32.2. The van der Waals surface area contributed by atoms with Crippen molar-refractivity contribution < 1.29 is 8.42 Å². The second-order valence-electron chi connectivity index (χ2n) is 4.26. The molecular formula is C12H14N2O2S. The Kier molecular flexibility index (Phi) is 3.18. The van der Waals surface area contributed by atoms with Gasteiger partial charge in [-0.15, -0.1) is 0 Å². The summed E-state index contributed by atoms with van der Waals surface area (Å²) in [5.74, 6) is 0. The Morgan fingerprint density at radius 2 is 2.06 bits per heavy atom. The Labute approximate surface area is 101 Å². The SMILES string of the molecule is CC(C#N)NS(=O)(=O)c1ccc2c(c1)CCC2. The zero-order chi connectivity index (χ0) is 12.5. The number of sulfonamides is 1. The van der Waals surface area contributed by atoms with Gasteiger partial charge in [0.05, 0.1) is 11.0 Å². The maximum absolute atomic E-state index is 11.9. The number of aryl methyl sites for hydroxylation is 2. The molecule has 0 heterocycles. The number of benzene rings is 1. The van der Waals surface area contributed by atoms with Gasteiger partial charge >= 0.3 is 0 Å². The molecule has 0 saturated heterocycles. The molecule has 2 rings (SSSR count). The summed E-state index contributed by atoms with van der Waals surface area (Å²) in [6.07, 6.45) is 3.05. The van der Waals surface area contributed by atoms with Gasteiger partial charge in [-0.05, 0) is 49.4 Å². The topological polar surface area (TPSA) is 70.0 Å². The van der Waals surface area contributed by atoms with E-state index in [0.717, 1.165) is 24.8 Å². The average molecular weight is 250 g/mol. The fourth-order valence-electron chi connectivity index (χ4n) is 2.04. The molecule has 5 heteroatoms. The normalized spacial score (nSPS) is 16.2. The summed E-state index contributed by atoms with van der Waals surface area (Å²) in [6, 6.07) is 6.33. The van der Waals surface area contributed by atoms with Crippen LogP contribution in [-0.4, -0.2) is 14.5 Å². The molecule has 1 aliphatic rings. The summed E-state index contributed by atoms with van der Waals surface area (Å²) in [5.41, 5.74) is 2.34. The van der Waals surface area contributed by atoms with Gasteiger partial charge in [0.15, 0.2) is 0 Å². The first-order valence-electron chi connectivity index (χ1n) is 5.57. The largest absolute Gasteiger partial charge is 0.241 e. The Morgan fingerprint density at radius 3 is 2.76 bits per heavy atom. The third-order valence-corrected chi connectivity index (χ3v) is 4.44. The van der Waals surface area contributed by atoms with Crippen LogP contribution in [0.25, 0.3) is 0 Å². The van der Waals surface area contributed by atoms with Gasteiger partial charge in [-0.1, -0.05) is 6.07 Å². The van der Waals surface area contributed by atoms with Crippen LogP contribution in [0.4, 0.5) is 0 Å².